The van der Waals surface area contributed by atoms with E-state index < -0.39 is 0 Å². The van der Waals surface area contributed by atoms with Gasteiger partial charge in [0.25, 0.3) is 0 Å². The molecule has 3 heterocycles. The maximum atomic E-state index is 14.0. The van der Waals surface area contributed by atoms with Gasteiger partial charge in [-0.25, -0.2) is 4.39 Å². The highest BCUT2D eigenvalue weighted by Crippen LogP contribution is 2.48. The van der Waals surface area contributed by atoms with Gasteiger partial charge in [0.2, 0.25) is 5.91 Å². The molecule has 3 atom stereocenters. The van der Waals surface area contributed by atoms with Crippen LogP contribution in [0.4, 0.5) is 10.1 Å². The molecule has 1 aromatic heterocycles. The molecular weight excluding hydrogens is 429 g/mol. The molecule has 172 valence electrons. The lowest BCUT2D eigenvalue weighted by Gasteiger charge is -2.44. The quantitative estimate of drug-likeness (QED) is 0.614. The van der Waals surface area contributed by atoms with Crippen LogP contribution in [-0.2, 0) is 11.2 Å². The largest absolute Gasteiger partial charge is 0.394 e. The van der Waals surface area contributed by atoms with Crippen molar-refractivity contribution in [2.24, 2.45) is 5.92 Å². The van der Waals surface area contributed by atoms with Gasteiger partial charge in [0.1, 0.15) is 5.82 Å². The Bertz CT molecular complexity index is 1270. The van der Waals surface area contributed by atoms with Gasteiger partial charge in [-0.1, -0.05) is 30.0 Å². The summed E-state index contributed by atoms with van der Waals surface area (Å²) in [6.45, 7) is 0.667. The molecule has 1 N–H and O–H groups in total. The van der Waals surface area contributed by atoms with Gasteiger partial charge in [0.05, 0.1) is 30.7 Å². The second-order valence-electron chi connectivity index (χ2n) is 8.89. The molecule has 3 aromatic rings. The Hall–Kier alpha value is -3.69. The Balaban J connectivity index is 1.51. The number of aliphatic hydroxyl groups is 1. The summed E-state index contributed by atoms with van der Waals surface area (Å²) < 4.78 is 14.0. The van der Waals surface area contributed by atoms with Crippen LogP contribution in [0.2, 0.25) is 0 Å². The van der Waals surface area contributed by atoms with Crippen LogP contribution in [0.3, 0.4) is 0 Å². The molecule has 0 unspecified atom stereocenters. The summed E-state index contributed by atoms with van der Waals surface area (Å²) in [5.74, 6) is 5.84. The summed E-state index contributed by atoms with van der Waals surface area (Å²) in [4.78, 5) is 21.5. The van der Waals surface area contributed by atoms with Crippen molar-refractivity contribution >= 4 is 11.6 Å². The highest BCUT2D eigenvalue weighted by Gasteiger charge is 2.47. The van der Waals surface area contributed by atoms with Crippen LogP contribution in [0.15, 0.2) is 67.0 Å². The molecule has 0 spiro atoms. The summed E-state index contributed by atoms with van der Waals surface area (Å²) in [7, 11) is 1.99. The van der Waals surface area contributed by atoms with Crippen LogP contribution in [0.5, 0.6) is 0 Å². The zero-order valence-corrected chi connectivity index (χ0v) is 19.0. The Morgan fingerprint density at radius 2 is 2.03 bits per heavy atom. The lowest BCUT2D eigenvalue weighted by molar-refractivity contribution is -0.132. The fraction of sp³-hybridized carbons (Fsp3) is 0.286. The molecule has 5 rings (SSSR count). The molecule has 5 nitrogen and oxygen atoms in total. The number of benzene rings is 2. The molecule has 1 amide bonds. The minimum absolute atomic E-state index is 0.0244. The number of pyridine rings is 1. The maximum absolute atomic E-state index is 14.0. The Morgan fingerprint density at radius 3 is 2.79 bits per heavy atom. The SMILES string of the molecule is CN1c2ccc(C#Cc3ccccc3F)cc2[C@@H]2[C@@H](CCN2C(=O)Cc2cccnc2)[C@H]1CO. The molecule has 34 heavy (non-hydrogen) atoms. The van der Waals surface area contributed by atoms with Crippen molar-refractivity contribution in [3.8, 4) is 11.8 Å². The third kappa shape index (κ3) is 4.04. The van der Waals surface area contributed by atoms with E-state index in [2.05, 4.69) is 21.7 Å². The number of halogens is 1. The zero-order chi connectivity index (χ0) is 23.7. The number of aliphatic hydroxyl groups excluding tert-OH is 1. The number of aromatic nitrogens is 1. The minimum atomic E-state index is -0.346. The standard InChI is InChI=1S/C28H26FN3O2/c1-31-25-11-9-19(8-10-21-6-2-3-7-24(21)29)15-23(25)28-22(26(31)18-33)12-14-32(28)27(34)16-20-5-4-13-30-17-20/h2-7,9,11,13,15,17,22,26,28,33H,12,14,16,18H2,1H3/t22-,26+,28-/m0/s1. The molecule has 0 bridgehead atoms. The van der Waals surface area contributed by atoms with E-state index in [-0.39, 0.29) is 36.3 Å². The van der Waals surface area contributed by atoms with Gasteiger partial charge in [-0.3, -0.25) is 9.78 Å². The lowest BCUT2D eigenvalue weighted by Crippen LogP contribution is -2.48. The number of anilines is 1. The van der Waals surface area contributed by atoms with E-state index in [4.69, 9.17) is 0 Å². The molecule has 2 aliphatic heterocycles. The first kappa shape index (κ1) is 22.1. The van der Waals surface area contributed by atoms with Crippen molar-refractivity contribution in [2.75, 3.05) is 25.1 Å². The van der Waals surface area contributed by atoms with Gasteiger partial charge in [-0.2, -0.15) is 0 Å². The number of likely N-dealkylation sites (tertiary alicyclic amines) is 1. The fourth-order valence-corrected chi connectivity index (χ4v) is 5.29. The zero-order valence-electron chi connectivity index (χ0n) is 19.0. The predicted octanol–water partition coefficient (Wildman–Crippen LogP) is 3.56. The van der Waals surface area contributed by atoms with Crippen LogP contribution >= 0.6 is 0 Å². The molecule has 2 aliphatic rings. The summed E-state index contributed by atoms with van der Waals surface area (Å²) in [5.41, 5.74) is 4.01. The van der Waals surface area contributed by atoms with E-state index in [1.807, 2.05) is 42.3 Å². The molecule has 1 saturated heterocycles. The van der Waals surface area contributed by atoms with E-state index in [9.17, 15) is 14.3 Å². The highest BCUT2D eigenvalue weighted by molar-refractivity contribution is 5.80. The minimum Gasteiger partial charge on any atom is -0.394 e. The molecule has 0 saturated carbocycles. The van der Waals surface area contributed by atoms with Crippen molar-refractivity contribution in [2.45, 2.75) is 24.9 Å². The third-order valence-electron chi connectivity index (χ3n) is 6.96. The first-order valence-corrected chi connectivity index (χ1v) is 11.5. The molecule has 6 heteroatoms. The number of carbonyl (C=O) groups excluding carboxylic acids is 1. The molecule has 0 aliphatic carbocycles. The molecular formula is C28H26FN3O2. The average Bonchev–Trinajstić information content (AvgIpc) is 3.30. The van der Waals surface area contributed by atoms with E-state index >= 15 is 0 Å². The van der Waals surface area contributed by atoms with E-state index in [1.165, 1.54) is 6.07 Å². The van der Waals surface area contributed by atoms with Gasteiger partial charge in [-0.15, -0.1) is 0 Å². The number of carbonyl (C=O) groups is 1. The topological polar surface area (TPSA) is 56.7 Å². The van der Waals surface area contributed by atoms with Gasteiger partial charge < -0.3 is 14.9 Å². The van der Waals surface area contributed by atoms with Crippen molar-refractivity contribution in [3.05, 3.63) is 95.1 Å². The smallest absolute Gasteiger partial charge is 0.227 e. The van der Waals surface area contributed by atoms with Crippen LogP contribution in [0, 0.1) is 23.6 Å². The molecule has 0 radical (unpaired) electrons. The van der Waals surface area contributed by atoms with Gasteiger partial charge in [0.15, 0.2) is 0 Å². The van der Waals surface area contributed by atoms with E-state index in [0.29, 0.717) is 18.5 Å². The number of nitrogens with zero attached hydrogens (tertiary/aromatic N) is 3. The number of fused-ring (bicyclic) bond motifs is 3. The lowest BCUT2D eigenvalue weighted by atomic mass is 9.81. The summed E-state index contributed by atoms with van der Waals surface area (Å²) in [5, 5.41) is 10.2. The van der Waals surface area contributed by atoms with Crippen LogP contribution < -0.4 is 4.90 Å². The second kappa shape index (κ2) is 9.28. The fourth-order valence-electron chi connectivity index (χ4n) is 5.29. The third-order valence-corrected chi connectivity index (χ3v) is 6.96. The number of amides is 1. The van der Waals surface area contributed by atoms with Crippen LogP contribution in [-0.4, -0.2) is 47.1 Å². The van der Waals surface area contributed by atoms with Crippen LogP contribution in [0.1, 0.15) is 34.7 Å². The van der Waals surface area contributed by atoms with E-state index in [1.54, 1.807) is 30.6 Å². The highest BCUT2D eigenvalue weighted by atomic mass is 19.1. The van der Waals surface area contributed by atoms with Gasteiger partial charge >= 0.3 is 0 Å². The molecule has 1 fully saturated rings. The van der Waals surface area contributed by atoms with Crippen LogP contribution in [0.25, 0.3) is 0 Å². The van der Waals surface area contributed by atoms with Gasteiger partial charge in [0, 0.05) is 43.2 Å². The monoisotopic (exact) mass is 455 g/mol. The van der Waals surface area contributed by atoms with E-state index in [0.717, 1.165) is 28.8 Å². The predicted molar refractivity (Wildman–Crippen MR) is 129 cm³/mol. The Labute approximate surface area is 198 Å². The van der Waals surface area contributed by atoms with Crippen molar-refractivity contribution in [1.29, 1.82) is 0 Å². The second-order valence-corrected chi connectivity index (χ2v) is 8.89. The van der Waals surface area contributed by atoms with Crippen molar-refractivity contribution < 1.29 is 14.3 Å². The first-order valence-electron chi connectivity index (χ1n) is 11.5. The number of hydrogen-bond donors (Lipinski definition) is 1. The normalized spacial score (nSPS) is 20.9. The number of rotatable bonds is 3. The first-order chi connectivity index (χ1) is 16.6. The summed E-state index contributed by atoms with van der Waals surface area (Å²) in [6.07, 6.45) is 4.53. The average molecular weight is 456 g/mol. The van der Waals surface area contributed by atoms with Crippen molar-refractivity contribution in [1.82, 2.24) is 9.88 Å². The maximum Gasteiger partial charge on any atom is 0.227 e. The Kier molecular flexibility index (Phi) is 6.04. The number of hydrogen-bond acceptors (Lipinski definition) is 4. The number of likely N-dealkylation sites (N-methyl/N-ethyl adjacent to an activating group) is 1. The van der Waals surface area contributed by atoms with Crippen molar-refractivity contribution in [3.63, 3.8) is 0 Å². The van der Waals surface area contributed by atoms with Gasteiger partial charge in [-0.05, 0) is 53.9 Å². The Morgan fingerprint density at radius 1 is 1.18 bits per heavy atom. The summed E-state index contributed by atoms with van der Waals surface area (Å²) >= 11 is 0. The molecule has 2 aromatic carbocycles. The summed E-state index contributed by atoms with van der Waals surface area (Å²) in [6, 6.07) is 15.9.